The maximum atomic E-state index is 5.89. The number of hydrogen-bond acceptors (Lipinski definition) is 3. The lowest BCUT2D eigenvalue weighted by molar-refractivity contribution is -0.00000475. The summed E-state index contributed by atoms with van der Waals surface area (Å²) < 4.78 is 13.1. The van der Waals surface area contributed by atoms with Gasteiger partial charge in [-0.25, -0.2) is 9.56 Å². The molecule has 0 aromatic heterocycles. The largest absolute Gasteiger partial charge is 1.00 e. The van der Waals surface area contributed by atoms with Crippen molar-refractivity contribution in [3.8, 4) is 17.2 Å². The van der Waals surface area contributed by atoms with Crippen molar-refractivity contribution >= 4 is 11.1 Å². The Morgan fingerprint density at radius 1 is 1.10 bits per heavy atom. The normalized spacial score (nSPS) is 10.3. The van der Waals surface area contributed by atoms with Gasteiger partial charge in [-0.3, -0.25) is 0 Å². The molecule has 0 spiro atoms. The van der Waals surface area contributed by atoms with E-state index in [1.165, 1.54) is 0 Å². The summed E-state index contributed by atoms with van der Waals surface area (Å²) >= 11 is 0. The lowest BCUT2D eigenvalue weighted by Gasteiger charge is -2.06. The van der Waals surface area contributed by atoms with Crippen LogP contribution in [0.4, 0.5) is 0 Å². The van der Waals surface area contributed by atoms with E-state index in [1.54, 1.807) is 7.11 Å². The minimum atomic E-state index is 0. The predicted octanol–water partition coefficient (Wildman–Crippen LogP) is -1.02. The van der Waals surface area contributed by atoms with Gasteiger partial charge < -0.3 is 21.6 Å². The van der Waals surface area contributed by atoms with Gasteiger partial charge in [0, 0.05) is 12.1 Å². The molecule has 104 valence electrons. The van der Waals surface area contributed by atoms with Crippen molar-refractivity contribution in [3.05, 3.63) is 41.8 Å². The summed E-state index contributed by atoms with van der Waals surface area (Å²) in [6.07, 6.45) is 0. The van der Waals surface area contributed by atoms with Crippen LogP contribution in [0.25, 0.3) is 22.6 Å². The van der Waals surface area contributed by atoms with Crippen molar-refractivity contribution in [1.29, 1.82) is 0 Å². The maximum absolute atomic E-state index is 5.89. The van der Waals surface area contributed by atoms with Gasteiger partial charge in [0.2, 0.25) is 5.36 Å². The van der Waals surface area contributed by atoms with E-state index in [0.29, 0.717) is 0 Å². The molecule has 0 atom stereocenters. The number of nitrogens with zero attached hydrogens (tertiary/aromatic N) is 2. The van der Waals surface area contributed by atoms with Crippen molar-refractivity contribution in [2.45, 2.75) is 0 Å². The summed E-state index contributed by atoms with van der Waals surface area (Å²) in [5.41, 5.74) is 2.39. The second kappa shape index (κ2) is 5.51. The van der Waals surface area contributed by atoms with Gasteiger partial charge in [0.15, 0.2) is 11.3 Å². The highest BCUT2D eigenvalue weighted by Gasteiger charge is 2.10. The maximum Gasteiger partial charge on any atom is 0.203 e. The number of fused-ring (bicyclic) bond motifs is 2. The lowest BCUT2D eigenvalue weighted by atomic mass is 10.2. The van der Waals surface area contributed by atoms with Gasteiger partial charge in [-0.2, -0.15) is 0 Å². The fraction of sp³-hybridized carbons (Fsp3) is 0.200. The van der Waals surface area contributed by atoms with Crippen LogP contribution in [0.2, 0.25) is 0 Å². The van der Waals surface area contributed by atoms with Crippen molar-refractivity contribution in [2.75, 3.05) is 21.2 Å². The molecular weight excluding hydrogens is 276 g/mol. The quantitative estimate of drug-likeness (QED) is 0.425. The molecule has 0 N–H and O–H groups in total. The third-order valence-corrected chi connectivity index (χ3v) is 3.09. The highest BCUT2D eigenvalue weighted by atomic mass is 35.5. The van der Waals surface area contributed by atoms with E-state index < -0.39 is 0 Å². The van der Waals surface area contributed by atoms with Crippen LogP contribution >= 0.6 is 0 Å². The molecular formula is C15H15ClN2O2. The Balaban J connectivity index is 0.00000147. The second-order valence-corrected chi connectivity index (χ2v) is 4.59. The van der Waals surface area contributed by atoms with Crippen LogP contribution in [0, 0.1) is 0 Å². The van der Waals surface area contributed by atoms with E-state index >= 15 is 0 Å². The fourth-order valence-corrected chi connectivity index (χ4v) is 2.00. The average Bonchev–Trinajstić information content (AvgIpc) is 2.43. The molecule has 1 heterocycles. The highest BCUT2D eigenvalue weighted by Crippen LogP contribution is 2.25. The number of hydrogen-bond donors (Lipinski definition) is 0. The monoisotopic (exact) mass is 290 g/mol. The lowest BCUT2D eigenvalue weighted by Crippen LogP contribution is -3.00. The Kier molecular flexibility index (Phi) is 3.95. The summed E-state index contributed by atoms with van der Waals surface area (Å²) in [7, 11) is 5.64. The van der Waals surface area contributed by atoms with Gasteiger partial charge in [0.1, 0.15) is 31.1 Å². The van der Waals surface area contributed by atoms with E-state index in [2.05, 4.69) is 4.98 Å². The van der Waals surface area contributed by atoms with E-state index in [0.717, 1.165) is 33.7 Å². The van der Waals surface area contributed by atoms with E-state index in [4.69, 9.17) is 9.15 Å². The van der Waals surface area contributed by atoms with Crippen LogP contribution in [-0.4, -0.2) is 26.2 Å². The molecule has 0 saturated carbocycles. The SMILES string of the molecule is COc1ccc2oc3cc(=[N+](C)C)ccc-3nc2c1.[Cl-]. The molecule has 2 aliphatic rings. The fourth-order valence-electron chi connectivity index (χ4n) is 2.00. The molecule has 3 rings (SSSR count). The van der Waals surface area contributed by atoms with Crippen LogP contribution in [0.3, 0.4) is 0 Å². The molecule has 0 amide bonds. The number of aromatic nitrogens is 1. The number of halogens is 1. The third-order valence-electron chi connectivity index (χ3n) is 3.09. The summed E-state index contributed by atoms with van der Waals surface area (Å²) in [4.78, 5) is 4.59. The standard InChI is InChI=1S/C15H15N2O2.ClH/c1-17(2)10-4-6-12-15(8-10)19-14-7-5-11(18-3)9-13(14)16-12;/h4-9H,1-3H3;1H/q+1;/p-1. The smallest absolute Gasteiger partial charge is 0.203 e. The molecule has 4 nitrogen and oxygen atoms in total. The van der Waals surface area contributed by atoms with E-state index in [9.17, 15) is 0 Å². The zero-order valence-electron chi connectivity index (χ0n) is 11.6. The minimum Gasteiger partial charge on any atom is -1.00 e. The molecule has 20 heavy (non-hydrogen) atoms. The molecule has 0 unspecified atom stereocenters. The molecule has 0 saturated heterocycles. The summed E-state index contributed by atoms with van der Waals surface area (Å²) in [5, 5.41) is 1.09. The molecule has 1 aromatic rings. The second-order valence-electron chi connectivity index (χ2n) is 4.59. The highest BCUT2D eigenvalue weighted by molar-refractivity contribution is 5.77. The molecule has 1 aliphatic heterocycles. The van der Waals surface area contributed by atoms with Gasteiger partial charge >= 0.3 is 0 Å². The molecule has 1 aromatic carbocycles. The molecule has 5 heteroatoms. The zero-order valence-corrected chi connectivity index (χ0v) is 12.3. The first kappa shape index (κ1) is 14.3. The van der Waals surface area contributed by atoms with Gasteiger partial charge in [0.05, 0.1) is 13.2 Å². The Bertz CT molecular complexity index is 791. The number of ether oxygens (including phenoxy) is 1. The van der Waals surface area contributed by atoms with Crippen molar-refractivity contribution < 1.29 is 21.6 Å². The summed E-state index contributed by atoms with van der Waals surface area (Å²) in [5.74, 6) is 1.56. The molecule has 0 bridgehead atoms. The van der Waals surface area contributed by atoms with Crippen LogP contribution in [0.5, 0.6) is 5.75 Å². The van der Waals surface area contributed by atoms with Gasteiger partial charge in [-0.15, -0.1) is 0 Å². The average molecular weight is 291 g/mol. The number of rotatable bonds is 1. The Labute approximate surface area is 123 Å². The van der Waals surface area contributed by atoms with Gasteiger partial charge in [0.25, 0.3) is 0 Å². The van der Waals surface area contributed by atoms with Gasteiger partial charge in [-0.05, 0) is 18.2 Å². The number of methoxy groups -OCH3 is 1. The van der Waals surface area contributed by atoms with E-state index in [-0.39, 0.29) is 12.4 Å². The molecule has 0 fully saturated rings. The van der Waals surface area contributed by atoms with Crippen molar-refractivity contribution in [2.24, 2.45) is 0 Å². The van der Waals surface area contributed by atoms with Crippen molar-refractivity contribution in [1.82, 2.24) is 9.56 Å². The van der Waals surface area contributed by atoms with Crippen LogP contribution in [-0.2, 0) is 0 Å². The predicted molar refractivity (Wildman–Crippen MR) is 74.3 cm³/mol. The molecule has 0 radical (unpaired) electrons. The van der Waals surface area contributed by atoms with Crippen LogP contribution in [0.15, 0.2) is 40.8 Å². The third kappa shape index (κ3) is 2.47. The Morgan fingerprint density at radius 2 is 1.90 bits per heavy atom. The van der Waals surface area contributed by atoms with Gasteiger partial charge in [-0.1, -0.05) is 0 Å². The molecule has 1 aliphatic carbocycles. The topological polar surface area (TPSA) is 38.3 Å². The Hall–Kier alpha value is -2.07. The van der Waals surface area contributed by atoms with Crippen LogP contribution < -0.4 is 27.1 Å². The van der Waals surface area contributed by atoms with E-state index in [1.807, 2.05) is 55.1 Å². The van der Waals surface area contributed by atoms with Crippen LogP contribution in [0.1, 0.15) is 0 Å². The minimum absolute atomic E-state index is 0. The first-order valence-electron chi connectivity index (χ1n) is 6.06. The Morgan fingerprint density at radius 3 is 2.60 bits per heavy atom. The van der Waals surface area contributed by atoms with Crippen molar-refractivity contribution in [3.63, 3.8) is 0 Å². The summed E-state index contributed by atoms with van der Waals surface area (Å²) in [6.45, 7) is 0. The zero-order chi connectivity index (χ0) is 13.4. The summed E-state index contributed by atoms with van der Waals surface area (Å²) in [6, 6.07) is 11.6. The first-order valence-corrected chi connectivity index (χ1v) is 6.06. The number of benzene rings is 2. The first-order chi connectivity index (χ1) is 9.17.